The Kier molecular flexibility index (Phi) is 6.82. The molecule has 1 fully saturated rings. The van der Waals surface area contributed by atoms with Crippen LogP contribution in [-0.2, 0) is 14.3 Å². The van der Waals surface area contributed by atoms with Crippen molar-refractivity contribution in [2.45, 2.75) is 26.7 Å². The van der Waals surface area contributed by atoms with Gasteiger partial charge in [0.2, 0.25) is 5.91 Å². The standard InChI is InChI=1S/C14H25NO4S/c1-14(2,13(17)18)11-5-4-6-15(9-11)12(16)10-20-8-7-19-3/h11H,4-10H2,1-3H3,(H,17,18). The normalized spacial score (nSPS) is 19.9. The number of amides is 1. The molecule has 1 heterocycles. The van der Waals surface area contributed by atoms with Crippen LogP contribution in [0.15, 0.2) is 0 Å². The van der Waals surface area contributed by atoms with Crippen LogP contribution in [0.4, 0.5) is 0 Å². The third-order valence-corrected chi connectivity index (χ3v) is 4.91. The fourth-order valence-corrected chi connectivity index (χ4v) is 3.15. The Hall–Kier alpha value is -0.750. The molecule has 116 valence electrons. The quantitative estimate of drug-likeness (QED) is 0.725. The van der Waals surface area contributed by atoms with Gasteiger partial charge in [-0.05, 0) is 32.6 Å². The highest BCUT2D eigenvalue weighted by Gasteiger charge is 2.39. The van der Waals surface area contributed by atoms with E-state index in [0.717, 1.165) is 25.1 Å². The number of ether oxygens (including phenoxy) is 1. The van der Waals surface area contributed by atoms with Gasteiger partial charge in [0.1, 0.15) is 0 Å². The molecule has 5 nitrogen and oxygen atoms in total. The van der Waals surface area contributed by atoms with Crippen LogP contribution in [-0.4, -0.2) is 60.2 Å². The molecule has 1 N–H and O–H groups in total. The van der Waals surface area contributed by atoms with Gasteiger partial charge in [0.25, 0.3) is 0 Å². The number of likely N-dealkylation sites (tertiary alicyclic amines) is 1. The first-order valence-corrected chi connectivity index (χ1v) is 8.13. The number of carboxylic acid groups (broad SMARTS) is 1. The molecule has 0 aromatic heterocycles. The van der Waals surface area contributed by atoms with E-state index in [0.29, 0.717) is 18.9 Å². The number of carbonyl (C=O) groups excluding carboxylic acids is 1. The summed E-state index contributed by atoms with van der Waals surface area (Å²) in [5.74, 6) is 0.605. The van der Waals surface area contributed by atoms with Gasteiger partial charge >= 0.3 is 5.97 Å². The van der Waals surface area contributed by atoms with Crippen molar-refractivity contribution in [2.24, 2.45) is 11.3 Å². The second kappa shape index (κ2) is 7.88. The lowest BCUT2D eigenvalue weighted by molar-refractivity contribution is -0.152. The number of hydrogen-bond donors (Lipinski definition) is 1. The molecular weight excluding hydrogens is 278 g/mol. The molecule has 20 heavy (non-hydrogen) atoms. The topological polar surface area (TPSA) is 66.8 Å². The largest absolute Gasteiger partial charge is 0.481 e. The van der Waals surface area contributed by atoms with E-state index in [9.17, 15) is 14.7 Å². The van der Waals surface area contributed by atoms with E-state index in [4.69, 9.17) is 4.74 Å². The van der Waals surface area contributed by atoms with E-state index in [-0.39, 0.29) is 11.8 Å². The molecule has 0 aromatic carbocycles. The Labute approximate surface area is 125 Å². The molecule has 0 radical (unpaired) electrons. The predicted octanol–water partition coefficient (Wildman–Crippen LogP) is 1.72. The SMILES string of the molecule is COCCSCC(=O)N1CCCC(C(C)(C)C(=O)O)C1. The zero-order chi connectivity index (χ0) is 15.2. The van der Waals surface area contributed by atoms with Gasteiger partial charge in [0.15, 0.2) is 0 Å². The molecule has 1 unspecified atom stereocenters. The number of carboxylic acids is 1. The first kappa shape index (κ1) is 17.3. The van der Waals surface area contributed by atoms with Crippen LogP contribution in [0.1, 0.15) is 26.7 Å². The minimum Gasteiger partial charge on any atom is -0.481 e. The summed E-state index contributed by atoms with van der Waals surface area (Å²) in [7, 11) is 1.64. The highest BCUT2D eigenvalue weighted by Crippen LogP contribution is 2.34. The fourth-order valence-electron chi connectivity index (χ4n) is 2.36. The fraction of sp³-hybridized carbons (Fsp3) is 0.857. The van der Waals surface area contributed by atoms with Gasteiger partial charge < -0.3 is 14.7 Å². The average Bonchev–Trinajstić information content (AvgIpc) is 2.43. The molecular formula is C14H25NO4S. The van der Waals surface area contributed by atoms with Crippen LogP contribution in [0.2, 0.25) is 0 Å². The van der Waals surface area contributed by atoms with Crippen molar-refractivity contribution in [3.63, 3.8) is 0 Å². The molecule has 1 rings (SSSR count). The molecule has 1 aliphatic rings. The minimum atomic E-state index is -0.786. The Balaban J connectivity index is 2.48. The van der Waals surface area contributed by atoms with Gasteiger partial charge in [-0.2, -0.15) is 0 Å². The first-order chi connectivity index (χ1) is 9.39. The maximum atomic E-state index is 12.1. The molecule has 0 spiro atoms. The van der Waals surface area contributed by atoms with Crippen molar-refractivity contribution in [3.8, 4) is 0 Å². The summed E-state index contributed by atoms with van der Waals surface area (Å²) in [6.07, 6.45) is 1.76. The zero-order valence-electron chi connectivity index (χ0n) is 12.6. The Morgan fingerprint density at radius 2 is 2.15 bits per heavy atom. The number of aliphatic carboxylic acids is 1. The van der Waals surface area contributed by atoms with Crippen molar-refractivity contribution in [1.29, 1.82) is 0 Å². The molecule has 0 aliphatic carbocycles. The number of rotatable bonds is 7. The second-order valence-electron chi connectivity index (χ2n) is 5.75. The third-order valence-electron chi connectivity index (χ3n) is 4.00. The summed E-state index contributed by atoms with van der Waals surface area (Å²) in [5, 5.41) is 9.30. The summed E-state index contributed by atoms with van der Waals surface area (Å²) in [5.41, 5.74) is -0.776. The number of methoxy groups -OCH3 is 1. The third kappa shape index (κ3) is 4.66. The highest BCUT2D eigenvalue weighted by atomic mass is 32.2. The number of piperidine rings is 1. The van der Waals surface area contributed by atoms with Crippen LogP contribution in [0, 0.1) is 11.3 Å². The lowest BCUT2D eigenvalue weighted by atomic mass is 9.74. The molecule has 0 saturated carbocycles. The van der Waals surface area contributed by atoms with Crippen LogP contribution in [0.25, 0.3) is 0 Å². The molecule has 1 atom stereocenters. The smallest absolute Gasteiger partial charge is 0.309 e. The second-order valence-corrected chi connectivity index (χ2v) is 6.86. The van der Waals surface area contributed by atoms with E-state index in [1.165, 1.54) is 0 Å². The van der Waals surface area contributed by atoms with Crippen LogP contribution < -0.4 is 0 Å². The minimum absolute atomic E-state index is 0.0293. The van der Waals surface area contributed by atoms with E-state index >= 15 is 0 Å². The maximum Gasteiger partial charge on any atom is 0.309 e. The zero-order valence-corrected chi connectivity index (χ0v) is 13.4. The summed E-state index contributed by atoms with van der Waals surface area (Å²) >= 11 is 1.56. The predicted molar refractivity (Wildman–Crippen MR) is 79.9 cm³/mol. The molecule has 0 aromatic rings. The monoisotopic (exact) mass is 303 g/mol. The summed E-state index contributed by atoms with van der Waals surface area (Å²) in [4.78, 5) is 25.3. The van der Waals surface area contributed by atoms with E-state index in [1.807, 2.05) is 4.90 Å². The van der Waals surface area contributed by atoms with Crippen molar-refractivity contribution in [1.82, 2.24) is 4.90 Å². The van der Waals surface area contributed by atoms with Crippen LogP contribution >= 0.6 is 11.8 Å². The number of thioether (sulfide) groups is 1. The van der Waals surface area contributed by atoms with Gasteiger partial charge in [0, 0.05) is 26.0 Å². The lowest BCUT2D eigenvalue weighted by Gasteiger charge is -2.39. The van der Waals surface area contributed by atoms with E-state index in [1.54, 1.807) is 32.7 Å². The van der Waals surface area contributed by atoms with Crippen molar-refractivity contribution in [3.05, 3.63) is 0 Å². The Morgan fingerprint density at radius 1 is 1.45 bits per heavy atom. The highest BCUT2D eigenvalue weighted by molar-refractivity contribution is 7.99. The first-order valence-electron chi connectivity index (χ1n) is 6.97. The number of nitrogens with zero attached hydrogens (tertiary/aromatic N) is 1. The number of hydrogen-bond acceptors (Lipinski definition) is 4. The average molecular weight is 303 g/mol. The van der Waals surface area contributed by atoms with E-state index < -0.39 is 11.4 Å². The Morgan fingerprint density at radius 3 is 2.75 bits per heavy atom. The van der Waals surface area contributed by atoms with Gasteiger partial charge in [-0.3, -0.25) is 9.59 Å². The van der Waals surface area contributed by atoms with E-state index in [2.05, 4.69) is 0 Å². The molecule has 1 amide bonds. The van der Waals surface area contributed by atoms with Gasteiger partial charge in [0.05, 0.1) is 17.8 Å². The molecule has 1 aliphatic heterocycles. The molecule has 6 heteroatoms. The summed E-state index contributed by atoms with van der Waals surface area (Å²) < 4.78 is 4.95. The van der Waals surface area contributed by atoms with Gasteiger partial charge in [-0.15, -0.1) is 11.8 Å². The number of carbonyl (C=O) groups is 2. The van der Waals surface area contributed by atoms with Crippen molar-refractivity contribution in [2.75, 3.05) is 38.3 Å². The molecule has 1 saturated heterocycles. The maximum absolute atomic E-state index is 12.1. The lowest BCUT2D eigenvalue weighted by Crippen LogP contribution is -2.47. The van der Waals surface area contributed by atoms with Crippen molar-refractivity contribution >= 4 is 23.6 Å². The summed E-state index contributed by atoms with van der Waals surface area (Å²) in [6, 6.07) is 0. The van der Waals surface area contributed by atoms with Gasteiger partial charge in [-0.1, -0.05) is 0 Å². The Bertz CT molecular complexity index is 346. The molecule has 0 bridgehead atoms. The summed E-state index contributed by atoms with van der Waals surface area (Å²) in [6.45, 7) is 5.45. The van der Waals surface area contributed by atoms with Crippen LogP contribution in [0.5, 0.6) is 0 Å². The van der Waals surface area contributed by atoms with Gasteiger partial charge in [-0.25, -0.2) is 0 Å². The van der Waals surface area contributed by atoms with Crippen molar-refractivity contribution < 1.29 is 19.4 Å². The van der Waals surface area contributed by atoms with Crippen LogP contribution in [0.3, 0.4) is 0 Å².